The highest BCUT2D eigenvalue weighted by Crippen LogP contribution is 2.33. The van der Waals surface area contributed by atoms with Crippen molar-refractivity contribution < 1.29 is 4.42 Å². The van der Waals surface area contributed by atoms with Gasteiger partial charge in [0.2, 0.25) is 0 Å². The lowest BCUT2D eigenvalue weighted by Crippen LogP contribution is -2.16. The highest BCUT2D eigenvalue weighted by molar-refractivity contribution is 5.63. The monoisotopic (exact) mass is 270 g/mol. The van der Waals surface area contributed by atoms with Gasteiger partial charge in [-0.25, -0.2) is 4.42 Å². The predicted molar refractivity (Wildman–Crippen MR) is 83.7 cm³/mol. The van der Waals surface area contributed by atoms with E-state index in [0.717, 1.165) is 17.1 Å². The molecule has 20 heavy (non-hydrogen) atoms. The molecule has 0 aliphatic carbocycles. The Morgan fingerprint density at radius 1 is 0.850 bits per heavy atom. The third kappa shape index (κ3) is 3.24. The average Bonchev–Trinajstić information content (AvgIpc) is 2.37. The summed E-state index contributed by atoms with van der Waals surface area (Å²) in [6, 6.07) is 8.31. The summed E-state index contributed by atoms with van der Waals surface area (Å²) in [5.41, 5.74) is 2.26. The molecule has 2 heteroatoms. The largest absolute Gasteiger partial charge is 0.335 e. The Balaban J connectivity index is 2.64. The van der Waals surface area contributed by atoms with Crippen LogP contribution in [0.15, 0.2) is 41.1 Å². The van der Waals surface area contributed by atoms with Crippen LogP contribution < -0.4 is 0 Å². The van der Waals surface area contributed by atoms with Crippen LogP contribution in [-0.4, -0.2) is 4.98 Å². The van der Waals surface area contributed by atoms with Crippen LogP contribution in [0.2, 0.25) is 0 Å². The van der Waals surface area contributed by atoms with Crippen molar-refractivity contribution in [1.29, 1.82) is 0 Å². The minimum atomic E-state index is -0.0157. The van der Waals surface area contributed by atoms with Gasteiger partial charge in [0, 0.05) is 35.7 Å². The summed E-state index contributed by atoms with van der Waals surface area (Å²) in [7, 11) is 0. The SMILES string of the molecule is CC(C)(C)c1cc(-c2cccnc2)cc(C(C)(C)C)[o+]1. The highest BCUT2D eigenvalue weighted by atomic mass is 16.3. The van der Waals surface area contributed by atoms with Crippen molar-refractivity contribution in [2.24, 2.45) is 0 Å². The van der Waals surface area contributed by atoms with Crippen molar-refractivity contribution in [1.82, 2.24) is 4.98 Å². The first-order valence-corrected chi connectivity index (χ1v) is 7.07. The summed E-state index contributed by atoms with van der Waals surface area (Å²) in [4.78, 5) is 4.21. The third-order valence-corrected chi connectivity index (χ3v) is 3.27. The maximum atomic E-state index is 6.15. The van der Waals surface area contributed by atoms with Gasteiger partial charge >= 0.3 is 11.5 Å². The fraction of sp³-hybridized carbons (Fsp3) is 0.444. The predicted octanol–water partition coefficient (Wildman–Crippen LogP) is 5.22. The zero-order chi connectivity index (χ0) is 15.0. The van der Waals surface area contributed by atoms with Gasteiger partial charge in [-0.15, -0.1) is 0 Å². The zero-order valence-corrected chi connectivity index (χ0v) is 13.3. The van der Waals surface area contributed by atoms with Gasteiger partial charge in [0.1, 0.15) is 0 Å². The first-order valence-electron chi connectivity index (χ1n) is 7.07. The van der Waals surface area contributed by atoms with Crippen LogP contribution in [0.5, 0.6) is 0 Å². The molecule has 0 spiro atoms. The van der Waals surface area contributed by atoms with Crippen LogP contribution in [0, 0.1) is 0 Å². The van der Waals surface area contributed by atoms with E-state index in [9.17, 15) is 0 Å². The third-order valence-electron chi connectivity index (χ3n) is 3.27. The maximum Gasteiger partial charge on any atom is 0.335 e. The Labute approximate surface area is 121 Å². The summed E-state index contributed by atoms with van der Waals surface area (Å²) in [5, 5.41) is 0. The lowest BCUT2D eigenvalue weighted by molar-refractivity contribution is 0.329. The second kappa shape index (κ2) is 5.01. The number of aromatic nitrogens is 1. The average molecular weight is 270 g/mol. The summed E-state index contributed by atoms with van der Waals surface area (Å²) < 4.78 is 6.15. The Bertz CT molecular complexity index is 557. The van der Waals surface area contributed by atoms with Crippen LogP contribution in [0.1, 0.15) is 53.1 Å². The quantitative estimate of drug-likeness (QED) is 0.664. The Hall–Kier alpha value is -1.70. The van der Waals surface area contributed by atoms with Gasteiger partial charge in [0.15, 0.2) is 0 Å². The topological polar surface area (TPSA) is 24.2 Å². The second-order valence-corrected chi connectivity index (χ2v) is 7.32. The van der Waals surface area contributed by atoms with Gasteiger partial charge in [-0.3, -0.25) is 4.98 Å². The van der Waals surface area contributed by atoms with E-state index in [-0.39, 0.29) is 10.8 Å². The molecular weight excluding hydrogens is 246 g/mol. The smallest absolute Gasteiger partial charge is 0.264 e. The molecule has 0 atom stereocenters. The van der Waals surface area contributed by atoms with Crippen molar-refractivity contribution in [3.05, 3.63) is 48.2 Å². The van der Waals surface area contributed by atoms with Gasteiger partial charge in [0.25, 0.3) is 0 Å². The van der Waals surface area contributed by atoms with E-state index in [2.05, 4.69) is 64.7 Å². The lowest BCUT2D eigenvalue weighted by Gasteiger charge is -2.15. The zero-order valence-electron chi connectivity index (χ0n) is 13.3. The van der Waals surface area contributed by atoms with Gasteiger partial charge in [-0.1, -0.05) is 6.07 Å². The maximum absolute atomic E-state index is 6.15. The van der Waals surface area contributed by atoms with Crippen molar-refractivity contribution in [2.45, 2.75) is 52.4 Å². The first kappa shape index (κ1) is 14.7. The number of rotatable bonds is 1. The normalized spacial score (nSPS) is 12.5. The van der Waals surface area contributed by atoms with Crippen LogP contribution >= 0.6 is 0 Å². The molecule has 0 saturated heterocycles. The minimum Gasteiger partial charge on any atom is -0.264 e. The molecule has 0 bridgehead atoms. The van der Waals surface area contributed by atoms with E-state index in [1.807, 2.05) is 12.3 Å². The van der Waals surface area contributed by atoms with E-state index >= 15 is 0 Å². The first-order chi connectivity index (χ1) is 9.18. The van der Waals surface area contributed by atoms with Gasteiger partial charge < -0.3 is 0 Å². The Morgan fingerprint density at radius 3 is 1.80 bits per heavy atom. The molecule has 2 rings (SSSR count). The van der Waals surface area contributed by atoms with E-state index in [0.29, 0.717) is 0 Å². The van der Waals surface area contributed by atoms with Gasteiger partial charge in [-0.05, 0) is 47.6 Å². The van der Waals surface area contributed by atoms with Crippen molar-refractivity contribution in [2.75, 3.05) is 0 Å². The van der Waals surface area contributed by atoms with E-state index in [1.54, 1.807) is 6.20 Å². The molecule has 0 aliphatic rings. The fourth-order valence-electron chi connectivity index (χ4n) is 1.94. The van der Waals surface area contributed by atoms with Gasteiger partial charge in [0.05, 0.1) is 10.8 Å². The molecule has 2 aromatic heterocycles. The molecule has 0 aliphatic heterocycles. The molecule has 0 amide bonds. The van der Waals surface area contributed by atoms with Crippen LogP contribution in [0.25, 0.3) is 11.1 Å². The lowest BCUT2D eigenvalue weighted by atomic mass is 9.88. The van der Waals surface area contributed by atoms with Crippen molar-refractivity contribution in [3.63, 3.8) is 0 Å². The van der Waals surface area contributed by atoms with E-state index in [4.69, 9.17) is 4.42 Å². The van der Waals surface area contributed by atoms with Gasteiger partial charge in [-0.2, -0.15) is 0 Å². The molecule has 0 N–H and O–H groups in total. The van der Waals surface area contributed by atoms with Crippen molar-refractivity contribution in [3.8, 4) is 11.1 Å². The van der Waals surface area contributed by atoms with E-state index < -0.39 is 0 Å². The number of pyridine rings is 1. The number of hydrogen-bond donors (Lipinski definition) is 0. The molecule has 0 saturated carbocycles. The molecule has 0 radical (unpaired) electrons. The molecule has 2 aromatic rings. The van der Waals surface area contributed by atoms with Crippen LogP contribution in [0.3, 0.4) is 0 Å². The summed E-state index contributed by atoms with van der Waals surface area (Å²) in [6.07, 6.45) is 3.69. The molecule has 0 aromatic carbocycles. The van der Waals surface area contributed by atoms with Crippen LogP contribution in [0.4, 0.5) is 0 Å². The fourth-order valence-corrected chi connectivity index (χ4v) is 1.94. The Morgan fingerprint density at radius 2 is 1.40 bits per heavy atom. The number of nitrogens with zero attached hydrogens (tertiary/aromatic N) is 1. The summed E-state index contributed by atoms with van der Waals surface area (Å²) >= 11 is 0. The Kier molecular flexibility index (Phi) is 3.68. The van der Waals surface area contributed by atoms with Crippen LogP contribution in [-0.2, 0) is 10.8 Å². The molecule has 0 fully saturated rings. The summed E-state index contributed by atoms with van der Waals surface area (Å²) in [6.45, 7) is 13.0. The highest BCUT2D eigenvalue weighted by Gasteiger charge is 2.33. The molecule has 2 heterocycles. The van der Waals surface area contributed by atoms with E-state index in [1.165, 1.54) is 5.56 Å². The summed E-state index contributed by atoms with van der Waals surface area (Å²) in [5.74, 6) is 2.01. The minimum absolute atomic E-state index is 0.0157. The molecule has 0 unspecified atom stereocenters. The standard InChI is InChI=1S/C18H24NO/c1-17(2,3)15-10-14(13-8-7-9-19-12-13)11-16(20-15)18(4,5)6/h7-12H,1-6H3/q+1. The molecule has 106 valence electrons. The number of hydrogen-bond acceptors (Lipinski definition) is 1. The van der Waals surface area contributed by atoms with Crippen molar-refractivity contribution >= 4 is 0 Å². The molecule has 2 nitrogen and oxygen atoms in total. The molecular formula is C18H24NO+. The second-order valence-electron chi connectivity index (χ2n) is 7.32.